The third kappa shape index (κ3) is 4.67. The second-order valence-electron chi connectivity index (χ2n) is 4.23. The maximum absolute atomic E-state index is 6.11. The van der Waals surface area contributed by atoms with E-state index in [1.54, 1.807) is 6.07 Å². The van der Waals surface area contributed by atoms with Crippen LogP contribution in [-0.4, -0.2) is 11.7 Å². The summed E-state index contributed by atoms with van der Waals surface area (Å²) in [4.78, 5) is 0. The first-order valence-corrected chi connectivity index (χ1v) is 7.35. The SMILES string of the molecule is S=C(NCCc1ccc(Cl)cc1Cl)Nc1ccccc1. The van der Waals surface area contributed by atoms with Crippen LogP contribution in [0.4, 0.5) is 5.69 Å². The van der Waals surface area contributed by atoms with E-state index in [1.165, 1.54) is 0 Å². The van der Waals surface area contributed by atoms with Gasteiger partial charge in [0.15, 0.2) is 5.11 Å². The Morgan fingerprint density at radius 3 is 2.50 bits per heavy atom. The number of hydrogen-bond acceptors (Lipinski definition) is 1. The monoisotopic (exact) mass is 324 g/mol. The van der Waals surface area contributed by atoms with Gasteiger partial charge in [0, 0.05) is 22.3 Å². The van der Waals surface area contributed by atoms with Gasteiger partial charge in [-0.1, -0.05) is 47.5 Å². The smallest absolute Gasteiger partial charge is 0.170 e. The molecule has 104 valence electrons. The number of nitrogens with one attached hydrogen (secondary N) is 2. The molecule has 0 heterocycles. The molecule has 2 nitrogen and oxygen atoms in total. The molecule has 20 heavy (non-hydrogen) atoms. The van der Waals surface area contributed by atoms with Gasteiger partial charge in [0.2, 0.25) is 0 Å². The normalized spacial score (nSPS) is 10.1. The van der Waals surface area contributed by atoms with Crippen molar-refractivity contribution in [1.29, 1.82) is 0 Å². The minimum absolute atomic E-state index is 0.598. The summed E-state index contributed by atoms with van der Waals surface area (Å²) in [6.07, 6.45) is 0.784. The fourth-order valence-electron chi connectivity index (χ4n) is 1.73. The molecule has 0 bridgehead atoms. The summed E-state index contributed by atoms with van der Waals surface area (Å²) in [5.41, 5.74) is 2.01. The first-order valence-electron chi connectivity index (χ1n) is 6.19. The molecule has 2 aromatic rings. The molecule has 0 aromatic heterocycles. The molecular weight excluding hydrogens is 311 g/mol. The zero-order valence-electron chi connectivity index (χ0n) is 10.7. The fourth-order valence-corrected chi connectivity index (χ4v) is 2.45. The van der Waals surface area contributed by atoms with Crippen molar-refractivity contribution >= 4 is 46.2 Å². The van der Waals surface area contributed by atoms with Crippen LogP contribution >= 0.6 is 35.4 Å². The summed E-state index contributed by atoms with van der Waals surface area (Å²) in [6, 6.07) is 15.3. The van der Waals surface area contributed by atoms with E-state index in [2.05, 4.69) is 10.6 Å². The van der Waals surface area contributed by atoms with Crippen molar-refractivity contribution in [3.8, 4) is 0 Å². The predicted octanol–water partition coefficient (Wildman–Crippen LogP) is 4.52. The standard InChI is InChI=1S/C15H14Cl2N2S/c16-12-7-6-11(14(17)10-12)8-9-18-15(20)19-13-4-2-1-3-5-13/h1-7,10H,8-9H2,(H2,18,19,20). The zero-order valence-corrected chi connectivity index (χ0v) is 13.0. The largest absolute Gasteiger partial charge is 0.362 e. The van der Waals surface area contributed by atoms with E-state index >= 15 is 0 Å². The van der Waals surface area contributed by atoms with Crippen molar-refractivity contribution in [2.24, 2.45) is 0 Å². The first-order chi connectivity index (χ1) is 9.65. The second kappa shape index (κ2) is 7.48. The lowest BCUT2D eigenvalue weighted by Gasteiger charge is -2.11. The van der Waals surface area contributed by atoms with Crippen molar-refractivity contribution in [2.75, 3.05) is 11.9 Å². The van der Waals surface area contributed by atoms with Crippen LogP contribution in [0.1, 0.15) is 5.56 Å². The molecule has 5 heteroatoms. The molecule has 0 spiro atoms. The lowest BCUT2D eigenvalue weighted by molar-refractivity contribution is 0.873. The van der Waals surface area contributed by atoms with Crippen LogP contribution < -0.4 is 10.6 Å². The van der Waals surface area contributed by atoms with E-state index in [0.29, 0.717) is 21.7 Å². The lowest BCUT2D eigenvalue weighted by atomic mass is 10.1. The molecule has 0 atom stereocenters. The summed E-state index contributed by atoms with van der Waals surface area (Å²) in [5.74, 6) is 0. The Morgan fingerprint density at radius 2 is 1.80 bits per heavy atom. The molecule has 2 N–H and O–H groups in total. The molecule has 0 unspecified atom stereocenters. The molecule has 0 aliphatic rings. The molecule has 0 aliphatic carbocycles. The van der Waals surface area contributed by atoms with E-state index in [1.807, 2.05) is 42.5 Å². The van der Waals surface area contributed by atoms with E-state index in [0.717, 1.165) is 17.7 Å². The third-order valence-corrected chi connectivity index (χ3v) is 3.56. The molecule has 0 saturated heterocycles. The summed E-state index contributed by atoms with van der Waals surface area (Å²) in [6.45, 7) is 0.708. The highest BCUT2D eigenvalue weighted by Gasteiger charge is 2.02. The quantitative estimate of drug-likeness (QED) is 0.808. The average molecular weight is 325 g/mol. The maximum atomic E-state index is 6.11. The number of halogens is 2. The Hall–Kier alpha value is -1.29. The van der Waals surface area contributed by atoms with E-state index < -0.39 is 0 Å². The topological polar surface area (TPSA) is 24.1 Å². The number of anilines is 1. The molecule has 0 radical (unpaired) electrons. The second-order valence-corrected chi connectivity index (χ2v) is 5.48. The highest BCUT2D eigenvalue weighted by molar-refractivity contribution is 7.80. The Labute approximate surface area is 134 Å². The van der Waals surface area contributed by atoms with Crippen molar-refractivity contribution < 1.29 is 0 Å². The van der Waals surface area contributed by atoms with Gasteiger partial charge >= 0.3 is 0 Å². The van der Waals surface area contributed by atoms with Crippen LogP contribution in [-0.2, 0) is 6.42 Å². The molecule has 0 amide bonds. The van der Waals surface area contributed by atoms with Gasteiger partial charge in [-0.15, -0.1) is 0 Å². The summed E-state index contributed by atoms with van der Waals surface area (Å²) in [5, 5.41) is 8.19. The minimum Gasteiger partial charge on any atom is -0.362 e. The van der Waals surface area contributed by atoms with Gasteiger partial charge in [0.1, 0.15) is 0 Å². The van der Waals surface area contributed by atoms with Gasteiger partial charge in [-0.2, -0.15) is 0 Å². The van der Waals surface area contributed by atoms with Crippen LogP contribution in [0.5, 0.6) is 0 Å². The van der Waals surface area contributed by atoms with Gasteiger partial charge in [-0.3, -0.25) is 0 Å². The summed E-state index contributed by atoms with van der Waals surface area (Å²) < 4.78 is 0. The van der Waals surface area contributed by atoms with Crippen LogP contribution in [0.25, 0.3) is 0 Å². The molecule has 0 fully saturated rings. The lowest BCUT2D eigenvalue weighted by Crippen LogP contribution is -2.30. The molecule has 2 aromatic carbocycles. The Morgan fingerprint density at radius 1 is 1.05 bits per heavy atom. The van der Waals surface area contributed by atoms with E-state index in [9.17, 15) is 0 Å². The first kappa shape index (κ1) is 15.1. The number of rotatable bonds is 4. The highest BCUT2D eigenvalue weighted by Crippen LogP contribution is 2.21. The summed E-state index contributed by atoms with van der Waals surface area (Å²) >= 11 is 17.2. The molecule has 0 aliphatic heterocycles. The van der Waals surface area contributed by atoms with Gasteiger partial charge in [0.05, 0.1) is 0 Å². The number of hydrogen-bond donors (Lipinski definition) is 2. The summed E-state index contributed by atoms with van der Waals surface area (Å²) in [7, 11) is 0. The van der Waals surface area contributed by atoms with E-state index in [4.69, 9.17) is 35.4 Å². The number of para-hydroxylation sites is 1. The highest BCUT2D eigenvalue weighted by atomic mass is 35.5. The van der Waals surface area contributed by atoms with Crippen molar-refractivity contribution in [3.63, 3.8) is 0 Å². The van der Waals surface area contributed by atoms with Crippen molar-refractivity contribution in [2.45, 2.75) is 6.42 Å². The minimum atomic E-state index is 0.598. The Bertz CT molecular complexity index is 588. The number of benzene rings is 2. The molecule has 0 saturated carbocycles. The van der Waals surface area contributed by atoms with Crippen LogP contribution in [0.2, 0.25) is 10.0 Å². The molecule has 2 rings (SSSR count). The van der Waals surface area contributed by atoms with Crippen LogP contribution in [0.15, 0.2) is 48.5 Å². The van der Waals surface area contributed by atoms with Gasteiger partial charge in [-0.05, 0) is 48.5 Å². The molecular formula is C15H14Cl2N2S. The van der Waals surface area contributed by atoms with Crippen molar-refractivity contribution in [3.05, 3.63) is 64.1 Å². The van der Waals surface area contributed by atoms with Crippen molar-refractivity contribution in [1.82, 2.24) is 5.32 Å². The van der Waals surface area contributed by atoms with Crippen LogP contribution in [0.3, 0.4) is 0 Å². The van der Waals surface area contributed by atoms with Gasteiger partial charge in [-0.25, -0.2) is 0 Å². The van der Waals surface area contributed by atoms with Gasteiger partial charge in [0.25, 0.3) is 0 Å². The predicted molar refractivity (Wildman–Crippen MR) is 90.8 cm³/mol. The zero-order chi connectivity index (χ0) is 14.4. The average Bonchev–Trinajstić information content (AvgIpc) is 2.42. The van der Waals surface area contributed by atoms with Crippen LogP contribution in [0, 0.1) is 0 Å². The number of thiocarbonyl (C=S) groups is 1. The third-order valence-electron chi connectivity index (χ3n) is 2.73. The maximum Gasteiger partial charge on any atom is 0.170 e. The Balaban J connectivity index is 1.79. The Kier molecular flexibility index (Phi) is 5.65. The van der Waals surface area contributed by atoms with Gasteiger partial charge < -0.3 is 10.6 Å². The van der Waals surface area contributed by atoms with E-state index in [-0.39, 0.29) is 0 Å². The fraction of sp³-hybridized carbons (Fsp3) is 0.133.